The van der Waals surface area contributed by atoms with Gasteiger partial charge in [0.15, 0.2) is 0 Å². The molecule has 1 aliphatic rings. The Bertz CT molecular complexity index is 706. The third-order valence-corrected chi connectivity index (χ3v) is 4.38. The molecule has 2 aromatic heterocycles. The molecule has 22 heavy (non-hydrogen) atoms. The molecule has 0 radical (unpaired) electrons. The molecular weight excluding hydrogens is 304 g/mol. The summed E-state index contributed by atoms with van der Waals surface area (Å²) in [6.07, 6.45) is 1.62. The first-order valence-corrected chi connectivity index (χ1v) is 7.59. The van der Waals surface area contributed by atoms with Crippen molar-refractivity contribution in [1.82, 2.24) is 19.7 Å². The van der Waals surface area contributed by atoms with E-state index in [2.05, 4.69) is 10.1 Å². The van der Waals surface area contributed by atoms with E-state index in [0.29, 0.717) is 30.5 Å². The number of nitrogens with one attached hydrogen (secondary N) is 1. The van der Waals surface area contributed by atoms with Crippen molar-refractivity contribution in [2.75, 3.05) is 19.8 Å². The van der Waals surface area contributed by atoms with Crippen LogP contribution in [0.15, 0.2) is 12.3 Å². The fourth-order valence-electron chi connectivity index (χ4n) is 3.00. The van der Waals surface area contributed by atoms with Crippen LogP contribution in [0.1, 0.15) is 33.5 Å². The number of halogens is 1. The monoisotopic (exact) mass is 322 g/mol. The molecule has 0 saturated carbocycles. The zero-order valence-corrected chi connectivity index (χ0v) is 13.6. The predicted molar refractivity (Wildman–Crippen MR) is 83.1 cm³/mol. The largest absolute Gasteiger partial charge is 0.377 e. The summed E-state index contributed by atoms with van der Waals surface area (Å²) in [5.74, 6) is -0.0668. The van der Waals surface area contributed by atoms with Crippen LogP contribution in [0.25, 0.3) is 0 Å². The second-order valence-electron chi connectivity index (χ2n) is 5.53. The van der Waals surface area contributed by atoms with Crippen molar-refractivity contribution in [2.24, 2.45) is 7.05 Å². The zero-order valence-electron chi connectivity index (χ0n) is 12.9. The molecule has 1 saturated heterocycles. The molecule has 0 aliphatic carbocycles. The van der Waals surface area contributed by atoms with E-state index < -0.39 is 0 Å². The number of carbonyl (C=O) groups is 1. The Labute approximate surface area is 134 Å². The Morgan fingerprint density at radius 1 is 1.50 bits per heavy atom. The number of amides is 1. The Hall–Kier alpha value is -1.79. The molecule has 1 N–H and O–H groups in total. The first kappa shape index (κ1) is 15.1. The summed E-state index contributed by atoms with van der Waals surface area (Å²) in [5, 5.41) is 4.98. The fraction of sp³-hybridized carbons (Fsp3) is 0.467. The lowest BCUT2D eigenvalue weighted by molar-refractivity contribution is -0.00332. The second kappa shape index (κ2) is 5.78. The number of ether oxygens (including phenoxy) is 1. The number of carbonyl (C=O) groups excluding carboxylic acids is 1. The lowest BCUT2D eigenvalue weighted by Gasteiger charge is -2.35. The van der Waals surface area contributed by atoms with Crippen molar-refractivity contribution in [3.63, 3.8) is 0 Å². The summed E-state index contributed by atoms with van der Waals surface area (Å²) in [6, 6.07) is 1.52. The van der Waals surface area contributed by atoms with Gasteiger partial charge in [-0.3, -0.25) is 9.48 Å². The molecule has 118 valence electrons. The molecular formula is C15H19ClN4O2. The van der Waals surface area contributed by atoms with Crippen molar-refractivity contribution in [3.8, 4) is 0 Å². The van der Waals surface area contributed by atoms with Crippen molar-refractivity contribution in [3.05, 3.63) is 39.9 Å². The van der Waals surface area contributed by atoms with E-state index in [1.165, 1.54) is 0 Å². The lowest BCUT2D eigenvalue weighted by Crippen LogP contribution is -2.44. The standard InChI is InChI=1S/C15H19ClN4O2/c1-9-14(10(2)19(3)18-9)13-8-22-5-4-20(13)15(21)12-6-11(16)7-17-12/h6-7,13,17H,4-5,8H2,1-3H3/t13-/m1/s1. The highest BCUT2D eigenvalue weighted by molar-refractivity contribution is 6.30. The normalized spacial score (nSPS) is 18.7. The molecule has 0 spiro atoms. The third-order valence-electron chi connectivity index (χ3n) is 4.17. The van der Waals surface area contributed by atoms with Gasteiger partial charge in [0.1, 0.15) is 5.69 Å². The summed E-state index contributed by atoms with van der Waals surface area (Å²) in [4.78, 5) is 17.5. The van der Waals surface area contributed by atoms with Gasteiger partial charge in [-0.15, -0.1) is 0 Å². The first-order valence-electron chi connectivity index (χ1n) is 7.21. The average Bonchev–Trinajstić information content (AvgIpc) is 3.03. The van der Waals surface area contributed by atoms with E-state index in [9.17, 15) is 4.79 Å². The Balaban J connectivity index is 1.96. The summed E-state index contributed by atoms with van der Waals surface area (Å²) in [6.45, 7) is 5.54. The van der Waals surface area contributed by atoms with Crippen molar-refractivity contribution in [2.45, 2.75) is 19.9 Å². The van der Waals surface area contributed by atoms with Crippen LogP contribution < -0.4 is 0 Å². The van der Waals surface area contributed by atoms with E-state index in [0.717, 1.165) is 17.0 Å². The number of aryl methyl sites for hydroxylation is 2. The average molecular weight is 323 g/mol. The number of hydrogen-bond donors (Lipinski definition) is 1. The van der Waals surface area contributed by atoms with Crippen LogP contribution in [0.2, 0.25) is 5.02 Å². The molecule has 2 aromatic rings. The van der Waals surface area contributed by atoms with Gasteiger partial charge in [-0.05, 0) is 19.9 Å². The number of aromatic amines is 1. The van der Waals surface area contributed by atoms with Gasteiger partial charge < -0.3 is 14.6 Å². The molecule has 3 heterocycles. The predicted octanol–water partition coefficient (Wildman–Crippen LogP) is 2.23. The highest BCUT2D eigenvalue weighted by Gasteiger charge is 2.33. The van der Waals surface area contributed by atoms with Crippen LogP contribution in [0.3, 0.4) is 0 Å². The summed E-state index contributed by atoms with van der Waals surface area (Å²) >= 11 is 5.91. The maximum atomic E-state index is 12.8. The number of hydrogen-bond acceptors (Lipinski definition) is 3. The van der Waals surface area contributed by atoms with E-state index in [1.54, 1.807) is 12.3 Å². The van der Waals surface area contributed by atoms with Gasteiger partial charge in [0.25, 0.3) is 5.91 Å². The van der Waals surface area contributed by atoms with Crippen molar-refractivity contribution in [1.29, 1.82) is 0 Å². The van der Waals surface area contributed by atoms with Crippen LogP contribution in [-0.2, 0) is 11.8 Å². The number of rotatable bonds is 2. The fourth-order valence-corrected chi connectivity index (χ4v) is 3.17. The maximum Gasteiger partial charge on any atom is 0.270 e. The summed E-state index contributed by atoms with van der Waals surface area (Å²) in [5.41, 5.74) is 3.54. The third kappa shape index (κ3) is 2.53. The SMILES string of the molecule is Cc1nn(C)c(C)c1[C@H]1COCCN1C(=O)c1cc(Cl)c[nH]1. The van der Waals surface area contributed by atoms with E-state index in [-0.39, 0.29) is 11.9 Å². The van der Waals surface area contributed by atoms with Crippen LogP contribution in [0, 0.1) is 13.8 Å². The van der Waals surface area contributed by atoms with Crippen LogP contribution in [-0.4, -0.2) is 45.3 Å². The van der Waals surface area contributed by atoms with Gasteiger partial charge in [0.2, 0.25) is 0 Å². The molecule has 1 fully saturated rings. The molecule has 7 heteroatoms. The van der Waals surface area contributed by atoms with Gasteiger partial charge in [-0.25, -0.2) is 0 Å². The number of nitrogens with zero attached hydrogens (tertiary/aromatic N) is 3. The van der Waals surface area contributed by atoms with Gasteiger partial charge in [-0.1, -0.05) is 11.6 Å². The van der Waals surface area contributed by atoms with Gasteiger partial charge in [-0.2, -0.15) is 5.10 Å². The van der Waals surface area contributed by atoms with Gasteiger partial charge in [0.05, 0.1) is 30.0 Å². The highest BCUT2D eigenvalue weighted by Crippen LogP contribution is 2.30. The molecule has 1 amide bonds. The topological polar surface area (TPSA) is 63.1 Å². The number of H-pyrrole nitrogens is 1. The lowest BCUT2D eigenvalue weighted by atomic mass is 10.0. The minimum Gasteiger partial charge on any atom is -0.377 e. The summed E-state index contributed by atoms with van der Waals surface area (Å²) < 4.78 is 7.45. The zero-order chi connectivity index (χ0) is 15.9. The van der Waals surface area contributed by atoms with E-state index >= 15 is 0 Å². The first-order chi connectivity index (χ1) is 10.5. The Morgan fingerprint density at radius 2 is 2.27 bits per heavy atom. The van der Waals surface area contributed by atoms with Crippen LogP contribution in [0.5, 0.6) is 0 Å². The molecule has 6 nitrogen and oxygen atoms in total. The van der Waals surface area contributed by atoms with Crippen LogP contribution in [0.4, 0.5) is 0 Å². The quantitative estimate of drug-likeness (QED) is 0.922. The Morgan fingerprint density at radius 3 is 2.86 bits per heavy atom. The number of aromatic nitrogens is 3. The van der Waals surface area contributed by atoms with Gasteiger partial charge in [0, 0.05) is 31.0 Å². The number of morpholine rings is 1. The van der Waals surface area contributed by atoms with Crippen molar-refractivity contribution < 1.29 is 9.53 Å². The maximum absolute atomic E-state index is 12.8. The molecule has 3 rings (SSSR count). The minimum absolute atomic E-state index is 0.0668. The molecule has 1 aliphatic heterocycles. The summed E-state index contributed by atoms with van der Waals surface area (Å²) in [7, 11) is 1.91. The van der Waals surface area contributed by atoms with Crippen molar-refractivity contribution >= 4 is 17.5 Å². The van der Waals surface area contributed by atoms with E-state index in [4.69, 9.17) is 16.3 Å². The Kier molecular flexibility index (Phi) is 3.97. The molecule has 0 bridgehead atoms. The smallest absolute Gasteiger partial charge is 0.270 e. The molecule has 1 atom stereocenters. The second-order valence-corrected chi connectivity index (χ2v) is 5.97. The molecule has 0 aromatic carbocycles. The minimum atomic E-state index is -0.128. The highest BCUT2D eigenvalue weighted by atomic mass is 35.5. The van der Waals surface area contributed by atoms with E-state index in [1.807, 2.05) is 30.5 Å². The molecule has 0 unspecified atom stereocenters. The van der Waals surface area contributed by atoms with Gasteiger partial charge >= 0.3 is 0 Å². The van der Waals surface area contributed by atoms with Crippen LogP contribution >= 0.6 is 11.6 Å².